The summed E-state index contributed by atoms with van der Waals surface area (Å²) < 4.78 is 18.0. The van der Waals surface area contributed by atoms with Crippen molar-refractivity contribution in [1.29, 1.82) is 0 Å². The highest BCUT2D eigenvalue weighted by Gasteiger charge is 2.09. The first kappa shape index (κ1) is 11.7. The number of esters is 1. The van der Waals surface area contributed by atoms with E-state index in [-0.39, 0.29) is 6.42 Å². The molecule has 2 N–H and O–H groups in total. The summed E-state index contributed by atoms with van der Waals surface area (Å²) in [5, 5.41) is 0. The van der Waals surface area contributed by atoms with Crippen LogP contribution in [-0.4, -0.2) is 12.6 Å². The summed E-state index contributed by atoms with van der Waals surface area (Å²) in [4.78, 5) is 11.1. The maximum Gasteiger partial charge on any atom is 0.310 e. The zero-order chi connectivity index (χ0) is 11.3. The molecule has 0 saturated carbocycles. The van der Waals surface area contributed by atoms with Gasteiger partial charge in [-0.25, -0.2) is 4.39 Å². The van der Waals surface area contributed by atoms with Gasteiger partial charge in [0.05, 0.1) is 13.0 Å². The van der Waals surface area contributed by atoms with Crippen LogP contribution < -0.4 is 5.73 Å². The first-order chi connectivity index (χ1) is 7.17. The molecule has 0 bridgehead atoms. The molecule has 0 radical (unpaired) electrons. The lowest BCUT2D eigenvalue weighted by molar-refractivity contribution is -0.142. The van der Waals surface area contributed by atoms with Crippen LogP contribution in [0.15, 0.2) is 18.2 Å². The summed E-state index contributed by atoms with van der Waals surface area (Å²) >= 11 is 0. The second-order valence-electron chi connectivity index (χ2n) is 3.11. The number of ether oxygens (including phenoxy) is 1. The van der Waals surface area contributed by atoms with Gasteiger partial charge in [0.1, 0.15) is 5.82 Å². The van der Waals surface area contributed by atoms with Crippen LogP contribution in [-0.2, 0) is 22.5 Å². The van der Waals surface area contributed by atoms with E-state index < -0.39 is 11.8 Å². The van der Waals surface area contributed by atoms with E-state index in [0.717, 1.165) is 5.56 Å². The predicted molar refractivity (Wildman–Crippen MR) is 54.6 cm³/mol. The highest BCUT2D eigenvalue weighted by Crippen LogP contribution is 2.11. The van der Waals surface area contributed by atoms with Gasteiger partial charge in [0.2, 0.25) is 0 Å². The number of hydrogen-bond acceptors (Lipinski definition) is 3. The third kappa shape index (κ3) is 3.32. The van der Waals surface area contributed by atoms with Crippen molar-refractivity contribution >= 4 is 5.97 Å². The van der Waals surface area contributed by atoms with E-state index in [2.05, 4.69) is 0 Å². The van der Waals surface area contributed by atoms with Crippen molar-refractivity contribution in [2.75, 3.05) is 6.61 Å². The Kier molecular flexibility index (Phi) is 4.24. The van der Waals surface area contributed by atoms with Crippen LogP contribution in [0.1, 0.15) is 18.1 Å². The van der Waals surface area contributed by atoms with Gasteiger partial charge in [0.15, 0.2) is 0 Å². The van der Waals surface area contributed by atoms with Crippen molar-refractivity contribution < 1.29 is 13.9 Å². The number of halogens is 1. The topological polar surface area (TPSA) is 52.3 Å². The first-order valence-corrected chi connectivity index (χ1v) is 4.80. The largest absolute Gasteiger partial charge is 0.466 e. The van der Waals surface area contributed by atoms with Gasteiger partial charge in [-0.2, -0.15) is 0 Å². The van der Waals surface area contributed by atoms with Crippen LogP contribution in [0, 0.1) is 5.82 Å². The fourth-order valence-corrected chi connectivity index (χ4v) is 1.26. The maximum absolute atomic E-state index is 13.3. The molecule has 0 aliphatic carbocycles. The van der Waals surface area contributed by atoms with E-state index in [0.29, 0.717) is 18.7 Å². The summed E-state index contributed by atoms with van der Waals surface area (Å²) in [6.45, 7) is 2.34. The Morgan fingerprint density at radius 2 is 2.27 bits per heavy atom. The lowest BCUT2D eigenvalue weighted by Crippen LogP contribution is -2.09. The van der Waals surface area contributed by atoms with Crippen molar-refractivity contribution in [2.24, 2.45) is 5.73 Å². The van der Waals surface area contributed by atoms with E-state index in [1.165, 1.54) is 6.07 Å². The van der Waals surface area contributed by atoms with Gasteiger partial charge in [-0.15, -0.1) is 0 Å². The smallest absolute Gasteiger partial charge is 0.310 e. The van der Waals surface area contributed by atoms with Crippen LogP contribution in [0.25, 0.3) is 0 Å². The summed E-state index contributed by atoms with van der Waals surface area (Å²) in [6.07, 6.45) is -0.0481. The molecule has 1 aromatic carbocycles. The third-order valence-corrected chi connectivity index (χ3v) is 1.99. The molecule has 0 spiro atoms. The van der Waals surface area contributed by atoms with E-state index in [9.17, 15) is 9.18 Å². The Morgan fingerprint density at radius 1 is 1.53 bits per heavy atom. The average molecular weight is 211 g/mol. The third-order valence-electron chi connectivity index (χ3n) is 1.99. The number of nitrogens with two attached hydrogens (primary N) is 1. The number of carbonyl (C=O) groups excluding carboxylic acids is 1. The molecule has 0 heterocycles. The zero-order valence-electron chi connectivity index (χ0n) is 8.63. The van der Waals surface area contributed by atoms with Crippen molar-refractivity contribution in [2.45, 2.75) is 19.9 Å². The van der Waals surface area contributed by atoms with Gasteiger partial charge in [-0.3, -0.25) is 4.79 Å². The molecule has 3 nitrogen and oxygen atoms in total. The van der Waals surface area contributed by atoms with Gasteiger partial charge in [0.25, 0.3) is 0 Å². The monoisotopic (exact) mass is 211 g/mol. The Bertz CT molecular complexity index is 352. The minimum atomic E-state index is -0.425. The Morgan fingerprint density at radius 3 is 2.87 bits per heavy atom. The number of rotatable bonds is 4. The molecule has 82 valence electrons. The fraction of sp³-hybridized carbons (Fsp3) is 0.364. The standard InChI is InChI=1S/C11H14FNO2/c1-2-15-11(14)6-9-5-8(7-13)3-4-10(9)12/h3-5H,2,6-7,13H2,1H3. The molecule has 0 amide bonds. The minimum absolute atomic E-state index is 0.0481. The molecule has 0 unspecified atom stereocenters. The van der Waals surface area contributed by atoms with E-state index in [1.54, 1.807) is 19.1 Å². The summed E-state index contributed by atoms with van der Waals surface area (Å²) in [7, 11) is 0. The second kappa shape index (κ2) is 5.46. The van der Waals surface area contributed by atoms with Crippen molar-refractivity contribution in [3.63, 3.8) is 0 Å². The van der Waals surface area contributed by atoms with Gasteiger partial charge >= 0.3 is 5.97 Å². The Hall–Kier alpha value is -1.42. The van der Waals surface area contributed by atoms with Gasteiger partial charge in [0, 0.05) is 6.54 Å². The van der Waals surface area contributed by atoms with E-state index in [1.807, 2.05) is 0 Å². The predicted octanol–water partition coefficient (Wildman–Crippen LogP) is 1.39. The van der Waals surface area contributed by atoms with Crippen molar-refractivity contribution in [1.82, 2.24) is 0 Å². The Balaban J connectivity index is 2.79. The second-order valence-corrected chi connectivity index (χ2v) is 3.11. The lowest BCUT2D eigenvalue weighted by Gasteiger charge is -2.05. The molecule has 0 aromatic heterocycles. The summed E-state index contributed by atoms with van der Waals surface area (Å²) in [5.41, 5.74) is 6.55. The highest BCUT2D eigenvalue weighted by atomic mass is 19.1. The molecule has 0 fully saturated rings. The molecule has 1 aromatic rings. The SMILES string of the molecule is CCOC(=O)Cc1cc(CN)ccc1F. The Labute approximate surface area is 88.0 Å². The quantitative estimate of drug-likeness (QED) is 0.766. The molecule has 0 atom stereocenters. The van der Waals surface area contributed by atoms with Crippen molar-refractivity contribution in [3.05, 3.63) is 35.1 Å². The van der Waals surface area contributed by atoms with Gasteiger partial charge in [-0.05, 0) is 24.1 Å². The summed E-state index contributed by atoms with van der Waals surface area (Å²) in [6, 6.07) is 4.51. The summed E-state index contributed by atoms with van der Waals surface area (Å²) in [5.74, 6) is -0.828. The zero-order valence-corrected chi connectivity index (χ0v) is 8.63. The molecule has 1 rings (SSSR count). The van der Waals surface area contributed by atoms with Crippen LogP contribution in [0.4, 0.5) is 4.39 Å². The van der Waals surface area contributed by atoms with Crippen LogP contribution in [0.2, 0.25) is 0 Å². The lowest BCUT2D eigenvalue weighted by atomic mass is 10.1. The molecular weight excluding hydrogens is 197 g/mol. The first-order valence-electron chi connectivity index (χ1n) is 4.80. The normalized spacial score (nSPS) is 10.1. The molecule has 0 aliphatic heterocycles. The van der Waals surface area contributed by atoms with Crippen molar-refractivity contribution in [3.8, 4) is 0 Å². The molecule has 15 heavy (non-hydrogen) atoms. The molecular formula is C11H14FNO2. The minimum Gasteiger partial charge on any atom is -0.466 e. The van der Waals surface area contributed by atoms with Crippen LogP contribution in [0.5, 0.6) is 0 Å². The van der Waals surface area contributed by atoms with Crippen LogP contribution >= 0.6 is 0 Å². The number of hydrogen-bond donors (Lipinski definition) is 1. The van der Waals surface area contributed by atoms with Gasteiger partial charge in [-0.1, -0.05) is 12.1 Å². The molecule has 4 heteroatoms. The maximum atomic E-state index is 13.3. The number of benzene rings is 1. The van der Waals surface area contributed by atoms with Gasteiger partial charge < -0.3 is 10.5 Å². The molecule has 0 aliphatic rings. The van der Waals surface area contributed by atoms with E-state index in [4.69, 9.17) is 10.5 Å². The highest BCUT2D eigenvalue weighted by molar-refractivity contribution is 5.72. The van der Waals surface area contributed by atoms with E-state index >= 15 is 0 Å². The molecule has 0 saturated heterocycles. The number of carbonyl (C=O) groups is 1. The average Bonchev–Trinajstić information content (AvgIpc) is 2.21. The fourth-order valence-electron chi connectivity index (χ4n) is 1.26. The van der Waals surface area contributed by atoms with Crippen LogP contribution in [0.3, 0.4) is 0 Å².